The summed E-state index contributed by atoms with van der Waals surface area (Å²) in [5, 5.41) is 16.4. The molecule has 2 aromatic carbocycles. The van der Waals surface area contributed by atoms with Crippen molar-refractivity contribution >= 4 is 69.7 Å². The lowest BCUT2D eigenvalue weighted by Crippen LogP contribution is -2.38. The fourth-order valence-electron chi connectivity index (χ4n) is 5.74. The molecule has 2 fully saturated rings. The number of nitrogens with zero attached hydrogens (tertiary/aromatic N) is 5. The van der Waals surface area contributed by atoms with Crippen LogP contribution in [0, 0.1) is 0 Å². The van der Waals surface area contributed by atoms with Crippen LogP contribution >= 0.6 is 18.2 Å². The number of alkyl halides is 2. The summed E-state index contributed by atoms with van der Waals surface area (Å²) in [6.45, 7) is 1.22. The van der Waals surface area contributed by atoms with Crippen LogP contribution in [0.2, 0.25) is 0 Å². The molecule has 246 valence electrons. The number of fused-ring (bicyclic) bond motifs is 3. The number of nitrogens with one attached hydrogen (secondary N) is 1. The second-order valence-corrected chi connectivity index (χ2v) is 15.1. The Balaban J connectivity index is 1.33. The maximum Gasteiger partial charge on any atom is 0.323 e. The zero-order valence-electron chi connectivity index (χ0n) is 25.6. The Kier molecular flexibility index (Phi) is 8.41. The number of carbonyl (C=O) groups is 1. The van der Waals surface area contributed by atoms with Crippen molar-refractivity contribution in [3.8, 4) is 5.75 Å². The summed E-state index contributed by atoms with van der Waals surface area (Å²) in [5.74, 6) is -0.210. The molecule has 13 nitrogen and oxygen atoms in total. The fraction of sp³-hybridized carbons (Fsp3) is 0.448. The average molecular weight is 694 g/mol. The fourth-order valence-corrected chi connectivity index (χ4v) is 8.89. The first-order chi connectivity index (χ1) is 21.7. The first-order valence-corrected chi connectivity index (χ1v) is 17.6. The van der Waals surface area contributed by atoms with Crippen molar-refractivity contribution in [2.24, 2.45) is 0 Å². The highest BCUT2D eigenvalue weighted by Crippen LogP contribution is 2.69. The van der Waals surface area contributed by atoms with E-state index in [0.717, 1.165) is 10.8 Å². The Labute approximate surface area is 274 Å². The molecule has 2 aromatic heterocycles. The second kappa shape index (κ2) is 11.8. The first kappa shape index (κ1) is 32.8. The summed E-state index contributed by atoms with van der Waals surface area (Å²) in [6, 6.07) is 11.9. The number of nitrogen functional groups attached to an aromatic ring is 1. The van der Waals surface area contributed by atoms with Crippen molar-refractivity contribution in [3.63, 3.8) is 0 Å². The average Bonchev–Trinajstić information content (AvgIpc) is 3.23. The molecule has 6 rings (SSSR count). The number of hydrogen-bond donors (Lipinski definition) is 3. The van der Waals surface area contributed by atoms with Crippen LogP contribution in [-0.2, 0) is 30.6 Å². The number of carbonyl (C=O) groups excluding carboxylic acids is 1. The first-order valence-electron chi connectivity index (χ1n) is 14.5. The van der Waals surface area contributed by atoms with Gasteiger partial charge in [-0.2, -0.15) is 9.97 Å². The van der Waals surface area contributed by atoms with E-state index < -0.39 is 48.4 Å². The number of rotatable bonds is 11. The standard InChI is InChI=1S/C29H34ClFN7O6PS/c1-15(2)41-25(39)16(3)36-45(46,43-19-12-8-10-17-9-6-7-11-18(17)19)44-26-28(13-30)29(26,40)21(31)24(42-28)38-14-33-20-22(37(4)5)34-27(32)35-23(20)38/h6-12,14-16,21,24,26,40H,13H2,1-5H3,(H,36,46)(H2,32,34,35)/t16-,21+,24-,26?,28-,29-,45?/m1/s1. The van der Waals surface area contributed by atoms with Gasteiger partial charge >= 0.3 is 12.6 Å². The molecule has 46 heavy (non-hydrogen) atoms. The number of esters is 1. The predicted molar refractivity (Wildman–Crippen MR) is 175 cm³/mol. The van der Waals surface area contributed by atoms with Crippen molar-refractivity contribution in [1.82, 2.24) is 24.6 Å². The number of aromatic nitrogens is 4. The van der Waals surface area contributed by atoms with E-state index in [2.05, 4.69) is 20.0 Å². The number of ether oxygens (including phenoxy) is 2. The van der Waals surface area contributed by atoms with Crippen LogP contribution in [0.4, 0.5) is 16.2 Å². The van der Waals surface area contributed by atoms with Gasteiger partial charge in [0.1, 0.15) is 23.5 Å². The van der Waals surface area contributed by atoms with Crippen LogP contribution < -0.4 is 20.2 Å². The largest absolute Gasteiger partial charge is 0.462 e. The number of imidazole rings is 1. The summed E-state index contributed by atoms with van der Waals surface area (Å²) < 4.78 is 42.0. The van der Waals surface area contributed by atoms with Gasteiger partial charge in [0.15, 0.2) is 35.0 Å². The maximum absolute atomic E-state index is 16.5. The third kappa shape index (κ3) is 5.27. The molecule has 17 heteroatoms. The van der Waals surface area contributed by atoms with Crippen molar-refractivity contribution in [1.29, 1.82) is 0 Å². The molecule has 0 radical (unpaired) electrons. The summed E-state index contributed by atoms with van der Waals surface area (Å²) in [5.41, 5.74) is 2.54. The summed E-state index contributed by atoms with van der Waals surface area (Å²) in [7, 11) is 3.52. The highest BCUT2D eigenvalue weighted by molar-refractivity contribution is 8.09. The lowest BCUT2D eigenvalue weighted by molar-refractivity contribution is -0.149. The zero-order valence-corrected chi connectivity index (χ0v) is 28.1. The van der Waals surface area contributed by atoms with Crippen LogP contribution in [0.1, 0.15) is 27.0 Å². The number of hydrogen-bond acceptors (Lipinski definition) is 12. The van der Waals surface area contributed by atoms with Crippen LogP contribution in [0.25, 0.3) is 21.9 Å². The topological polar surface area (TPSA) is 159 Å². The van der Waals surface area contributed by atoms with Gasteiger partial charge in [-0.05, 0) is 44.0 Å². The number of benzene rings is 2. The lowest BCUT2D eigenvalue weighted by atomic mass is 10.1. The molecule has 1 saturated heterocycles. The minimum Gasteiger partial charge on any atom is -0.462 e. The Bertz CT molecular complexity index is 1860. The molecule has 0 bridgehead atoms. The second-order valence-electron chi connectivity index (χ2n) is 11.8. The molecule has 7 atom stereocenters. The monoisotopic (exact) mass is 693 g/mol. The Morgan fingerprint density at radius 1 is 1.26 bits per heavy atom. The number of aliphatic hydroxyl groups is 1. The molecule has 2 aliphatic rings. The van der Waals surface area contributed by atoms with Gasteiger partial charge in [0.2, 0.25) is 5.95 Å². The molecule has 2 unspecified atom stereocenters. The number of halogens is 2. The van der Waals surface area contributed by atoms with E-state index in [1.165, 1.54) is 10.9 Å². The van der Waals surface area contributed by atoms with E-state index in [4.69, 9.17) is 47.7 Å². The molecule has 3 heterocycles. The Morgan fingerprint density at radius 3 is 2.65 bits per heavy atom. The van der Waals surface area contributed by atoms with E-state index in [9.17, 15) is 9.90 Å². The molecule has 0 amide bonds. The van der Waals surface area contributed by atoms with E-state index in [1.54, 1.807) is 51.9 Å². The smallest absolute Gasteiger partial charge is 0.323 e. The van der Waals surface area contributed by atoms with Gasteiger partial charge in [0, 0.05) is 19.5 Å². The molecular formula is C29H34ClFN7O6PS. The zero-order chi connectivity index (χ0) is 33.2. The molecular weight excluding hydrogens is 660 g/mol. The molecule has 4 aromatic rings. The van der Waals surface area contributed by atoms with Gasteiger partial charge in [0.25, 0.3) is 0 Å². The third-order valence-corrected chi connectivity index (χ3v) is 10.8. The molecule has 1 aliphatic heterocycles. The van der Waals surface area contributed by atoms with Crippen LogP contribution in [0.15, 0.2) is 48.8 Å². The van der Waals surface area contributed by atoms with Crippen molar-refractivity contribution in [2.45, 2.75) is 62.6 Å². The molecule has 1 aliphatic carbocycles. The Morgan fingerprint density at radius 2 is 1.98 bits per heavy atom. The summed E-state index contributed by atoms with van der Waals surface area (Å²) in [4.78, 5) is 27.3. The van der Waals surface area contributed by atoms with Gasteiger partial charge in [-0.15, -0.1) is 11.6 Å². The number of nitrogens with two attached hydrogens (primary N) is 1. The van der Waals surface area contributed by atoms with Crippen LogP contribution in [0.5, 0.6) is 5.75 Å². The van der Waals surface area contributed by atoms with Crippen LogP contribution in [-0.4, -0.2) is 86.2 Å². The quantitative estimate of drug-likeness (QED) is 0.118. The van der Waals surface area contributed by atoms with Gasteiger partial charge in [-0.1, -0.05) is 36.4 Å². The van der Waals surface area contributed by atoms with Gasteiger partial charge in [-0.3, -0.25) is 13.9 Å². The van der Waals surface area contributed by atoms with Crippen molar-refractivity contribution in [3.05, 3.63) is 48.8 Å². The minimum atomic E-state index is -3.76. The predicted octanol–water partition coefficient (Wildman–Crippen LogP) is 3.84. The summed E-state index contributed by atoms with van der Waals surface area (Å²) in [6.07, 6.45) is -3.87. The van der Waals surface area contributed by atoms with E-state index in [1.807, 2.05) is 30.3 Å². The maximum atomic E-state index is 16.5. The third-order valence-electron chi connectivity index (χ3n) is 8.01. The lowest BCUT2D eigenvalue weighted by Gasteiger charge is -2.30. The van der Waals surface area contributed by atoms with E-state index in [0.29, 0.717) is 17.1 Å². The van der Waals surface area contributed by atoms with Gasteiger partial charge in [-0.25, -0.2) is 14.5 Å². The molecule has 4 N–H and O–H groups in total. The minimum absolute atomic E-state index is 0.0500. The van der Waals surface area contributed by atoms with Crippen molar-refractivity contribution < 1.29 is 32.8 Å². The van der Waals surface area contributed by atoms with E-state index >= 15 is 4.39 Å². The van der Waals surface area contributed by atoms with E-state index in [-0.39, 0.29) is 23.6 Å². The highest BCUT2D eigenvalue weighted by atomic mass is 35.5. The SMILES string of the molecule is CC(C)OC(=O)[C@@H](C)NP(=S)(Oc1cccc2ccccc12)OC1[C@@]2(CCl)O[C@@H](n3cnc4c(N(C)C)nc(N)nc43)[C@H](F)[C@@]12O. The molecule has 1 saturated carbocycles. The molecule has 0 spiro atoms. The Hall–Kier alpha value is -3.17. The summed E-state index contributed by atoms with van der Waals surface area (Å²) >= 11 is 12.3. The normalized spacial score (nSPS) is 27.4. The van der Waals surface area contributed by atoms with Crippen molar-refractivity contribution in [2.75, 3.05) is 30.6 Å². The highest BCUT2D eigenvalue weighted by Gasteiger charge is 2.89. The number of anilines is 2. The van der Waals surface area contributed by atoms with Gasteiger partial charge in [0.05, 0.1) is 18.3 Å². The van der Waals surface area contributed by atoms with Gasteiger partial charge < -0.3 is 29.7 Å². The van der Waals surface area contributed by atoms with Crippen LogP contribution in [0.3, 0.4) is 0 Å².